The molecule has 1 unspecified atom stereocenters. The lowest BCUT2D eigenvalue weighted by Crippen LogP contribution is -2.13. The van der Waals surface area contributed by atoms with Crippen LogP contribution in [0.25, 0.3) is 0 Å². The van der Waals surface area contributed by atoms with Crippen molar-refractivity contribution < 1.29 is 14.3 Å². The molecule has 1 aromatic rings. The molecule has 0 spiro atoms. The van der Waals surface area contributed by atoms with E-state index in [1.54, 1.807) is 6.92 Å². The van der Waals surface area contributed by atoms with Crippen molar-refractivity contribution in [1.29, 1.82) is 0 Å². The number of amides is 1. The van der Waals surface area contributed by atoms with Crippen LogP contribution in [0.3, 0.4) is 0 Å². The Morgan fingerprint density at radius 2 is 2.15 bits per heavy atom. The van der Waals surface area contributed by atoms with E-state index in [-0.39, 0.29) is 17.9 Å². The minimum Gasteiger partial charge on any atom is -0.466 e. The van der Waals surface area contributed by atoms with Gasteiger partial charge in [0.15, 0.2) is 0 Å². The first-order chi connectivity index (χ1) is 9.52. The summed E-state index contributed by atoms with van der Waals surface area (Å²) >= 11 is 0. The Morgan fingerprint density at radius 3 is 2.80 bits per heavy atom. The van der Waals surface area contributed by atoms with Crippen molar-refractivity contribution >= 4 is 17.6 Å². The minimum atomic E-state index is -0.188. The van der Waals surface area contributed by atoms with E-state index in [0.717, 1.165) is 11.3 Å². The fraction of sp³-hybridized carbons (Fsp3) is 0.467. The van der Waals surface area contributed by atoms with Gasteiger partial charge < -0.3 is 15.8 Å². The number of hydrogen-bond acceptors (Lipinski definition) is 4. The highest BCUT2D eigenvalue weighted by Crippen LogP contribution is 2.20. The van der Waals surface area contributed by atoms with Gasteiger partial charge in [-0.15, -0.1) is 0 Å². The van der Waals surface area contributed by atoms with Crippen LogP contribution < -0.4 is 11.1 Å². The Labute approximate surface area is 119 Å². The lowest BCUT2D eigenvalue weighted by atomic mass is 10.0. The summed E-state index contributed by atoms with van der Waals surface area (Å²) in [6.07, 6.45) is 1.76. The van der Waals surface area contributed by atoms with Crippen molar-refractivity contribution in [1.82, 2.24) is 0 Å². The Morgan fingerprint density at radius 1 is 1.40 bits per heavy atom. The van der Waals surface area contributed by atoms with E-state index < -0.39 is 0 Å². The van der Waals surface area contributed by atoms with E-state index in [9.17, 15) is 9.59 Å². The van der Waals surface area contributed by atoms with Crippen LogP contribution in [0.4, 0.5) is 5.69 Å². The summed E-state index contributed by atoms with van der Waals surface area (Å²) in [6, 6.07) is 7.29. The van der Waals surface area contributed by atoms with Crippen LogP contribution >= 0.6 is 0 Å². The number of ether oxygens (including phenoxy) is 1. The summed E-state index contributed by atoms with van der Waals surface area (Å²) < 4.78 is 4.87. The number of benzene rings is 1. The van der Waals surface area contributed by atoms with Gasteiger partial charge >= 0.3 is 5.97 Å². The molecule has 5 nitrogen and oxygen atoms in total. The average Bonchev–Trinajstić information content (AvgIpc) is 2.38. The van der Waals surface area contributed by atoms with Gasteiger partial charge in [-0.3, -0.25) is 9.59 Å². The monoisotopic (exact) mass is 278 g/mol. The molecule has 0 aliphatic carbocycles. The van der Waals surface area contributed by atoms with Gasteiger partial charge in [0.25, 0.3) is 0 Å². The highest BCUT2D eigenvalue weighted by atomic mass is 16.5. The van der Waals surface area contributed by atoms with Crippen LogP contribution in [0.2, 0.25) is 0 Å². The van der Waals surface area contributed by atoms with Crippen molar-refractivity contribution in [2.24, 2.45) is 5.73 Å². The number of carbonyl (C=O) groups is 2. The van der Waals surface area contributed by atoms with E-state index in [1.165, 1.54) is 6.92 Å². The maximum Gasteiger partial charge on any atom is 0.305 e. The molecule has 1 atom stereocenters. The Balaban J connectivity index is 2.48. The zero-order chi connectivity index (χ0) is 15.0. The topological polar surface area (TPSA) is 81.4 Å². The molecule has 1 rings (SSSR count). The van der Waals surface area contributed by atoms with Gasteiger partial charge in [-0.25, -0.2) is 0 Å². The van der Waals surface area contributed by atoms with Gasteiger partial charge in [0.2, 0.25) is 5.91 Å². The van der Waals surface area contributed by atoms with E-state index in [0.29, 0.717) is 25.9 Å². The van der Waals surface area contributed by atoms with E-state index in [2.05, 4.69) is 5.32 Å². The molecule has 0 radical (unpaired) electrons. The minimum absolute atomic E-state index is 0.113. The zero-order valence-corrected chi connectivity index (χ0v) is 12.0. The summed E-state index contributed by atoms with van der Waals surface area (Å²) in [5.41, 5.74) is 7.77. The van der Waals surface area contributed by atoms with Crippen LogP contribution in [-0.4, -0.2) is 18.5 Å². The van der Waals surface area contributed by atoms with Gasteiger partial charge in [0.05, 0.1) is 6.61 Å². The number of carbonyl (C=O) groups excluding carboxylic acids is 2. The van der Waals surface area contributed by atoms with Gasteiger partial charge in [0.1, 0.15) is 0 Å². The Hall–Kier alpha value is -1.88. The second kappa shape index (κ2) is 8.32. The largest absolute Gasteiger partial charge is 0.466 e. The molecule has 0 saturated carbocycles. The quantitative estimate of drug-likeness (QED) is 0.750. The molecule has 0 fully saturated rings. The zero-order valence-electron chi connectivity index (χ0n) is 12.0. The summed E-state index contributed by atoms with van der Waals surface area (Å²) in [7, 11) is 0. The van der Waals surface area contributed by atoms with Crippen molar-refractivity contribution in [2.45, 2.75) is 39.2 Å². The molecule has 0 heterocycles. The third-order valence-electron chi connectivity index (χ3n) is 2.84. The van der Waals surface area contributed by atoms with E-state index in [1.807, 2.05) is 24.3 Å². The maximum atomic E-state index is 11.2. The lowest BCUT2D eigenvalue weighted by Gasteiger charge is -2.13. The third kappa shape index (κ3) is 5.84. The van der Waals surface area contributed by atoms with Gasteiger partial charge in [-0.05, 0) is 37.5 Å². The van der Waals surface area contributed by atoms with Crippen LogP contribution in [0.5, 0.6) is 0 Å². The smallest absolute Gasteiger partial charge is 0.305 e. The van der Waals surface area contributed by atoms with Crippen molar-refractivity contribution in [2.75, 3.05) is 11.9 Å². The Kier molecular flexibility index (Phi) is 6.73. The first-order valence-electron chi connectivity index (χ1n) is 6.81. The van der Waals surface area contributed by atoms with Crippen molar-refractivity contribution in [3.05, 3.63) is 29.8 Å². The van der Waals surface area contributed by atoms with Crippen LogP contribution in [0.1, 0.15) is 44.7 Å². The fourth-order valence-electron chi connectivity index (χ4n) is 1.92. The van der Waals surface area contributed by atoms with E-state index in [4.69, 9.17) is 10.5 Å². The number of nitrogens with one attached hydrogen (secondary N) is 1. The number of anilines is 1. The van der Waals surface area contributed by atoms with Gasteiger partial charge in [0, 0.05) is 25.1 Å². The molecule has 0 bridgehead atoms. The van der Waals surface area contributed by atoms with Crippen LogP contribution in [0, 0.1) is 0 Å². The van der Waals surface area contributed by atoms with Crippen LogP contribution in [0.15, 0.2) is 24.3 Å². The molecule has 110 valence electrons. The fourth-order valence-corrected chi connectivity index (χ4v) is 1.92. The molecular weight excluding hydrogens is 256 g/mol. The molecule has 5 heteroatoms. The lowest BCUT2D eigenvalue weighted by molar-refractivity contribution is -0.143. The predicted octanol–water partition coefficient (Wildman–Crippen LogP) is 2.38. The first-order valence-corrected chi connectivity index (χ1v) is 6.81. The number of hydrogen-bond donors (Lipinski definition) is 2. The summed E-state index contributed by atoms with van der Waals surface area (Å²) in [4.78, 5) is 22.2. The number of esters is 1. The Bertz CT molecular complexity index is 460. The number of nitrogens with two attached hydrogens (primary N) is 1. The SMILES string of the molecule is CCOC(=O)CCCC(N)c1cccc(NC(C)=O)c1. The second-order valence-electron chi connectivity index (χ2n) is 4.61. The average molecular weight is 278 g/mol. The molecule has 0 aromatic heterocycles. The number of rotatable bonds is 7. The molecule has 20 heavy (non-hydrogen) atoms. The molecule has 0 saturated heterocycles. The van der Waals surface area contributed by atoms with Crippen molar-refractivity contribution in [3.8, 4) is 0 Å². The summed E-state index contributed by atoms with van der Waals surface area (Å²) in [5.74, 6) is -0.301. The second-order valence-corrected chi connectivity index (χ2v) is 4.61. The van der Waals surface area contributed by atoms with E-state index >= 15 is 0 Å². The highest BCUT2D eigenvalue weighted by molar-refractivity contribution is 5.88. The van der Waals surface area contributed by atoms with Gasteiger partial charge in [-0.2, -0.15) is 0 Å². The molecule has 0 aliphatic rings. The highest BCUT2D eigenvalue weighted by Gasteiger charge is 2.09. The molecular formula is C15H22N2O3. The van der Waals surface area contributed by atoms with Gasteiger partial charge in [-0.1, -0.05) is 12.1 Å². The maximum absolute atomic E-state index is 11.2. The summed E-state index contributed by atoms with van der Waals surface area (Å²) in [5, 5.41) is 2.72. The molecule has 1 aromatic carbocycles. The summed E-state index contributed by atoms with van der Waals surface area (Å²) in [6.45, 7) is 3.66. The predicted molar refractivity (Wildman–Crippen MR) is 78.2 cm³/mol. The molecule has 1 amide bonds. The normalized spacial score (nSPS) is 11.8. The molecule has 3 N–H and O–H groups in total. The van der Waals surface area contributed by atoms with Crippen LogP contribution in [-0.2, 0) is 14.3 Å². The standard InChI is InChI=1S/C15H22N2O3/c1-3-20-15(19)9-5-8-14(16)12-6-4-7-13(10-12)17-11(2)18/h4,6-7,10,14H,3,5,8-9,16H2,1-2H3,(H,17,18). The van der Waals surface area contributed by atoms with Crippen molar-refractivity contribution in [3.63, 3.8) is 0 Å². The molecule has 0 aliphatic heterocycles. The first kappa shape index (κ1) is 16.2. The third-order valence-corrected chi connectivity index (χ3v) is 2.84.